The molecule has 2 aromatic rings. The van der Waals surface area contributed by atoms with E-state index in [4.69, 9.17) is 20.8 Å². The largest absolute Gasteiger partial charge is 0.469 e. The van der Waals surface area contributed by atoms with Gasteiger partial charge >= 0.3 is 12.1 Å². The van der Waals surface area contributed by atoms with Crippen LogP contribution in [-0.4, -0.2) is 18.5 Å². The number of para-hydroxylation sites is 1. The van der Waals surface area contributed by atoms with Crippen LogP contribution in [0.25, 0.3) is 0 Å². The third-order valence-electron chi connectivity index (χ3n) is 3.93. The molecule has 0 bridgehead atoms. The van der Waals surface area contributed by atoms with Gasteiger partial charge in [0.25, 0.3) is 5.91 Å². The zero-order chi connectivity index (χ0) is 18.9. The van der Waals surface area contributed by atoms with Gasteiger partial charge in [-0.05, 0) is 30.7 Å². The number of esters is 1. The second-order valence-corrected chi connectivity index (χ2v) is 6.19. The van der Waals surface area contributed by atoms with Gasteiger partial charge in [-0.15, -0.1) is 0 Å². The highest BCUT2D eigenvalue weighted by atomic mass is 35.5. The smallest absolute Gasteiger partial charge is 0.418 e. The Morgan fingerprint density at radius 3 is 2.69 bits per heavy atom. The van der Waals surface area contributed by atoms with E-state index in [0.29, 0.717) is 12.2 Å². The summed E-state index contributed by atoms with van der Waals surface area (Å²) in [5.74, 6) is -1.37. The molecule has 9 heteroatoms. The van der Waals surface area contributed by atoms with E-state index in [9.17, 15) is 22.8 Å². The minimum atomic E-state index is -4.69. The van der Waals surface area contributed by atoms with Crippen LogP contribution in [0.3, 0.4) is 0 Å². The quantitative estimate of drug-likeness (QED) is 0.779. The van der Waals surface area contributed by atoms with E-state index in [2.05, 4.69) is 5.32 Å². The molecule has 1 N–H and O–H groups in total. The summed E-state index contributed by atoms with van der Waals surface area (Å²) in [6.45, 7) is -0.706. The van der Waals surface area contributed by atoms with Gasteiger partial charge in [0.1, 0.15) is 5.76 Å². The number of benzene rings is 1. The highest BCUT2D eigenvalue weighted by Gasteiger charge is 2.47. The maximum absolute atomic E-state index is 13.0. The number of furan rings is 1. The van der Waals surface area contributed by atoms with Crippen molar-refractivity contribution in [1.82, 2.24) is 0 Å². The maximum Gasteiger partial charge on any atom is 0.418 e. The summed E-state index contributed by atoms with van der Waals surface area (Å²) in [4.78, 5) is 23.8. The summed E-state index contributed by atoms with van der Waals surface area (Å²) in [7, 11) is 0. The van der Waals surface area contributed by atoms with E-state index < -0.39 is 41.8 Å². The van der Waals surface area contributed by atoms with Crippen molar-refractivity contribution in [2.24, 2.45) is 5.92 Å². The first-order valence-electron chi connectivity index (χ1n) is 7.63. The number of amides is 1. The average molecular weight is 388 g/mol. The number of alkyl halides is 3. The minimum Gasteiger partial charge on any atom is -0.469 e. The molecule has 1 heterocycles. The second-order valence-electron chi connectivity index (χ2n) is 5.78. The van der Waals surface area contributed by atoms with Crippen LogP contribution in [0, 0.1) is 5.92 Å². The molecular weight excluding hydrogens is 375 g/mol. The lowest BCUT2D eigenvalue weighted by atomic mass is 10.1. The Labute approximate surface area is 151 Å². The molecule has 1 saturated carbocycles. The van der Waals surface area contributed by atoms with Gasteiger partial charge in [0.05, 0.1) is 28.5 Å². The predicted octanol–water partition coefficient (Wildman–Crippen LogP) is 4.24. The molecule has 1 aromatic carbocycles. The fraction of sp³-hybridized carbons (Fsp3) is 0.294. The molecule has 0 aliphatic heterocycles. The molecule has 0 saturated heterocycles. The summed E-state index contributed by atoms with van der Waals surface area (Å²) in [6.07, 6.45) is -2.66. The van der Waals surface area contributed by atoms with Crippen LogP contribution in [0.2, 0.25) is 5.02 Å². The zero-order valence-electron chi connectivity index (χ0n) is 13.2. The molecule has 138 valence electrons. The summed E-state index contributed by atoms with van der Waals surface area (Å²) in [5, 5.41) is 1.79. The molecule has 1 fully saturated rings. The topological polar surface area (TPSA) is 68.5 Å². The molecule has 1 aromatic heterocycles. The predicted molar refractivity (Wildman–Crippen MR) is 85.6 cm³/mol. The van der Waals surface area contributed by atoms with Crippen LogP contribution in [0.15, 0.2) is 41.0 Å². The Hall–Kier alpha value is -2.48. The van der Waals surface area contributed by atoms with Crippen LogP contribution in [0.4, 0.5) is 18.9 Å². The number of carbonyl (C=O) groups is 2. The number of ether oxygens (including phenoxy) is 1. The highest BCUT2D eigenvalue weighted by molar-refractivity contribution is 6.34. The second kappa shape index (κ2) is 7.03. The monoisotopic (exact) mass is 387 g/mol. The van der Waals surface area contributed by atoms with Crippen molar-refractivity contribution in [3.8, 4) is 0 Å². The number of carbonyl (C=O) groups excluding carboxylic acids is 2. The average Bonchev–Trinajstić information content (AvgIpc) is 3.19. The Morgan fingerprint density at radius 1 is 1.27 bits per heavy atom. The Bertz CT molecular complexity index is 820. The van der Waals surface area contributed by atoms with Crippen LogP contribution < -0.4 is 5.32 Å². The van der Waals surface area contributed by atoms with Gasteiger partial charge in [0.15, 0.2) is 6.61 Å². The molecule has 26 heavy (non-hydrogen) atoms. The van der Waals surface area contributed by atoms with Crippen LogP contribution in [0.1, 0.15) is 23.7 Å². The Kier molecular flexibility index (Phi) is 4.95. The molecule has 3 rings (SSSR count). The van der Waals surface area contributed by atoms with Crippen molar-refractivity contribution < 1.29 is 31.9 Å². The van der Waals surface area contributed by atoms with E-state index in [1.54, 1.807) is 12.1 Å². The van der Waals surface area contributed by atoms with Gasteiger partial charge < -0.3 is 14.5 Å². The molecular formula is C17H13ClF3NO4. The van der Waals surface area contributed by atoms with E-state index in [0.717, 1.165) is 12.1 Å². The molecule has 1 aliphatic rings. The van der Waals surface area contributed by atoms with Crippen LogP contribution in [-0.2, 0) is 20.5 Å². The molecule has 1 amide bonds. The SMILES string of the molecule is O=C(COC(=O)C1CC1c1ccco1)Nc1c(Cl)cccc1C(F)(F)F. The van der Waals surface area contributed by atoms with Crippen molar-refractivity contribution in [3.63, 3.8) is 0 Å². The van der Waals surface area contributed by atoms with E-state index in [1.807, 2.05) is 0 Å². The number of halogens is 4. The van der Waals surface area contributed by atoms with Crippen molar-refractivity contribution in [3.05, 3.63) is 52.9 Å². The first-order chi connectivity index (χ1) is 12.3. The maximum atomic E-state index is 13.0. The summed E-state index contributed by atoms with van der Waals surface area (Å²) in [6, 6.07) is 6.58. The van der Waals surface area contributed by atoms with Gasteiger partial charge in [0, 0.05) is 5.92 Å². The minimum absolute atomic E-state index is 0.0963. The van der Waals surface area contributed by atoms with Gasteiger partial charge in [-0.25, -0.2) is 0 Å². The van der Waals surface area contributed by atoms with Crippen molar-refractivity contribution in [2.75, 3.05) is 11.9 Å². The van der Waals surface area contributed by atoms with Gasteiger partial charge in [-0.1, -0.05) is 17.7 Å². The van der Waals surface area contributed by atoms with Crippen molar-refractivity contribution >= 4 is 29.2 Å². The fourth-order valence-electron chi connectivity index (χ4n) is 2.58. The lowest BCUT2D eigenvalue weighted by Crippen LogP contribution is -2.23. The standard InChI is InChI=1S/C17H13ClF3NO4/c18-12-4-1-3-11(17(19,20)21)15(12)22-14(23)8-26-16(24)10-7-9(10)13-5-2-6-25-13/h1-6,9-10H,7-8H2,(H,22,23). The van der Waals surface area contributed by atoms with Crippen molar-refractivity contribution in [2.45, 2.75) is 18.5 Å². The van der Waals surface area contributed by atoms with Crippen LogP contribution in [0.5, 0.6) is 0 Å². The molecule has 0 spiro atoms. The molecule has 5 nitrogen and oxygen atoms in total. The van der Waals surface area contributed by atoms with E-state index in [-0.39, 0.29) is 10.9 Å². The third kappa shape index (κ3) is 4.01. The van der Waals surface area contributed by atoms with Crippen LogP contribution >= 0.6 is 11.6 Å². The zero-order valence-corrected chi connectivity index (χ0v) is 13.9. The van der Waals surface area contributed by atoms with Gasteiger partial charge in [-0.3, -0.25) is 9.59 Å². The van der Waals surface area contributed by atoms with Gasteiger partial charge in [0.2, 0.25) is 0 Å². The summed E-state index contributed by atoms with van der Waals surface area (Å²) in [5.41, 5.74) is -1.65. The number of anilines is 1. The summed E-state index contributed by atoms with van der Waals surface area (Å²) >= 11 is 5.75. The molecule has 0 radical (unpaired) electrons. The molecule has 1 aliphatic carbocycles. The molecule has 2 unspecified atom stereocenters. The first-order valence-corrected chi connectivity index (χ1v) is 8.00. The Balaban J connectivity index is 1.56. The number of hydrogen-bond acceptors (Lipinski definition) is 4. The van der Waals surface area contributed by atoms with E-state index >= 15 is 0 Å². The number of nitrogens with one attached hydrogen (secondary N) is 1. The first kappa shape index (κ1) is 18.3. The lowest BCUT2D eigenvalue weighted by Gasteiger charge is -2.15. The lowest BCUT2D eigenvalue weighted by molar-refractivity contribution is -0.148. The number of rotatable bonds is 5. The number of hydrogen-bond donors (Lipinski definition) is 1. The van der Waals surface area contributed by atoms with Crippen molar-refractivity contribution in [1.29, 1.82) is 0 Å². The van der Waals surface area contributed by atoms with Gasteiger partial charge in [-0.2, -0.15) is 13.2 Å². The normalized spacial score (nSPS) is 19.1. The third-order valence-corrected chi connectivity index (χ3v) is 4.25. The van der Waals surface area contributed by atoms with E-state index in [1.165, 1.54) is 12.3 Å². The highest BCUT2D eigenvalue weighted by Crippen LogP contribution is 2.48. The fourth-order valence-corrected chi connectivity index (χ4v) is 2.80. The summed E-state index contributed by atoms with van der Waals surface area (Å²) < 4.78 is 49.0. The molecule has 2 atom stereocenters. The Morgan fingerprint density at radius 2 is 2.04 bits per heavy atom.